The van der Waals surface area contributed by atoms with Crippen LogP contribution in [0, 0.1) is 18.6 Å². The molecule has 1 N–H and O–H groups in total. The largest absolute Gasteiger partial charge is 0.393 e. The van der Waals surface area contributed by atoms with Gasteiger partial charge in [0.25, 0.3) is 0 Å². The van der Waals surface area contributed by atoms with Crippen LogP contribution in [0.5, 0.6) is 0 Å². The first kappa shape index (κ1) is 12.1. The zero-order chi connectivity index (χ0) is 11.3. The average molecular weight is 213 g/mol. The van der Waals surface area contributed by atoms with Crippen LogP contribution in [-0.2, 0) is 6.42 Å². The standard InChI is InChI=1S/C12H15F2O/c1-9(15)4-2-3-5-10-6-11(13)8-12(14)7-10/h6-9,15H,1-5H2. The van der Waals surface area contributed by atoms with Gasteiger partial charge in [-0.3, -0.25) is 0 Å². The highest BCUT2D eigenvalue weighted by molar-refractivity contribution is 5.17. The Bertz CT molecular complexity index is 290. The molecule has 0 aliphatic heterocycles. The molecule has 0 aromatic heterocycles. The first-order valence-corrected chi connectivity index (χ1v) is 5.04. The normalized spacial score (nSPS) is 12.8. The molecular formula is C12H15F2O. The second kappa shape index (κ2) is 5.81. The maximum Gasteiger partial charge on any atom is 0.126 e. The van der Waals surface area contributed by atoms with E-state index in [-0.39, 0.29) is 0 Å². The average Bonchev–Trinajstić information content (AvgIpc) is 2.10. The summed E-state index contributed by atoms with van der Waals surface area (Å²) in [5.41, 5.74) is 0.658. The lowest BCUT2D eigenvalue weighted by Crippen LogP contribution is -1.99. The van der Waals surface area contributed by atoms with Crippen molar-refractivity contribution in [2.24, 2.45) is 0 Å². The quantitative estimate of drug-likeness (QED) is 0.746. The molecule has 0 saturated carbocycles. The smallest absolute Gasteiger partial charge is 0.126 e. The van der Waals surface area contributed by atoms with Crippen LogP contribution >= 0.6 is 0 Å². The van der Waals surface area contributed by atoms with Gasteiger partial charge < -0.3 is 5.11 Å². The van der Waals surface area contributed by atoms with E-state index in [4.69, 9.17) is 5.11 Å². The van der Waals surface area contributed by atoms with Gasteiger partial charge in [-0.1, -0.05) is 6.42 Å². The van der Waals surface area contributed by atoms with Crippen molar-refractivity contribution in [2.75, 3.05) is 0 Å². The highest BCUT2D eigenvalue weighted by Gasteiger charge is 2.01. The maximum absolute atomic E-state index is 12.8. The lowest BCUT2D eigenvalue weighted by molar-refractivity contribution is 0.206. The minimum Gasteiger partial charge on any atom is -0.393 e. The van der Waals surface area contributed by atoms with Crippen molar-refractivity contribution >= 4 is 0 Å². The third kappa shape index (κ3) is 4.88. The highest BCUT2D eigenvalue weighted by Crippen LogP contribution is 2.12. The van der Waals surface area contributed by atoms with Crippen molar-refractivity contribution in [2.45, 2.75) is 31.8 Å². The number of benzene rings is 1. The van der Waals surface area contributed by atoms with Gasteiger partial charge in [0.05, 0.1) is 6.10 Å². The van der Waals surface area contributed by atoms with Crippen LogP contribution in [0.15, 0.2) is 18.2 Å². The molecule has 1 rings (SSSR count). The Morgan fingerprint density at radius 3 is 2.27 bits per heavy atom. The van der Waals surface area contributed by atoms with E-state index >= 15 is 0 Å². The second-order valence-corrected chi connectivity index (χ2v) is 3.68. The van der Waals surface area contributed by atoms with E-state index in [1.54, 1.807) is 0 Å². The van der Waals surface area contributed by atoms with E-state index in [0.717, 1.165) is 18.9 Å². The lowest BCUT2D eigenvalue weighted by Gasteiger charge is -2.04. The first-order chi connectivity index (χ1) is 7.08. The third-order valence-electron chi connectivity index (χ3n) is 2.18. The molecule has 1 aromatic carbocycles. The van der Waals surface area contributed by atoms with Crippen LogP contribution < -0.4 is 0 Å². The van der Waals surface area contributed by atoms with E-state index < -0.39 is 17.7 Å². The number of aliphatic hydroxyl groups excluding tert-OH is 1. The SMILES string of the molecule is [CH2]C(O)CCCCc1cc(F)cc(F)c1. The summed E-state index contributed by atoms with van der Waals surface area (Å²) in [7, 11) is 0. The molecule has 3 heteroatoms. The molecule has 0 aliphatic carbocycles. The van der Waals surface area contributed by atoms with Crippen molar-refractivity contribution in [1.29, 1.82) is 0 Å². The molecule has 1 atom stereocenters. The fourth-order valence-corrected chi connectivity index (χ4v) is 1.46. The molecule has 0 heterocycles. The zero-order valence-corrected chi connectivity index (χ0v) is 8.55. The summed E-state index contributed by atoms with van der Waals surface area (Å²) in [5, 5.41) is 8.91. The lowest BCUT2D eigenvalue weighted by atomic mass is 10.1. The summed E-state index contributed by atoms with van der Waals surface area (Å²) in [6.07, 6.45) is 2.31. The van der Waals surface area contributed by atoms with E-state index in [1.807, 2.05) is 0 Å². The van der Waals surface area contributed by atoms with Gasteiger partial charge in [-0.2, -0.15) is 0 Å². The van der Waals surface area contributed by atoms with Crippen LogP contribution in [0.3, 0.4) is 0 Å². The fourth-order valence-electron chi connectivity index (χ4n) is 1.46. The molecule has 0 bridgehead atoms. The van der Waals surface area contributed by atoms with Crippen molar-refractivity contribution in [3.63, 3.8) is 0 Å². The Labute approximate surface area is 88.7 Å². The number of hydrogen-bond acceptors (Lipinski definition) is 1. The van der Waals surface area contributed by atoms with Crippen LogP contribution in [0.2, 0.25) is 0 Å². The van der Waals surface area contributed by atoms with E-state index in [0.29, 0.717) is 18.4 Å². The molecule has 1 nitrogen and oxygen atoms in total. The highest BCUT2D eigenvalue weighted by atomic mass is 19.1. The molecule has 0 spiro atoms. The molecule has 0 fully saturated rings. The van der Waals surface area contributed by atoms with Crippen molar-refractivity contribution < 1.29 is 13.9 Å². The van der Waals surface area contributed by atoms with Crippen LogP contribution in [0.25, 0.3) is 0 Å². The summed E-state index contributed by atoms with van der Waals surface area (Å²) in [4.78, 5) is 0. The second-order valence-electron chi connectivity index (χ2n) is 3.68. The van der Waals surface area contributed by atoms with Gasteiger partial charge in [-0.25, -0.2) is 8.78 Å². The predicted octanol–water partition coefficient (Wildman–Crippen LogP) is 2.87. The minimum absolute atomic E-state index is 0.540. The topological polar surface area (TPSA) is 20.2 Å². The molecular weight excluding hydrogens is 198 g/mol. The summed E-state index contributed by atoms with van der Waals surface area (Å²) >= 11 is 0. The molecule has 1 aromatic rings. The van der Waals surface area contributed by atoms with E-state index in [1.165, 1.54) is 12.1 Å². The van der Waals surface area contributed by atoms with Crippen molar-refractivity contribution in [3.8, 4) is 0 Å². The predicted molar refractivity (Wildman–Crippen MR) is 55.3 cm³/mol. The van der Waals surface area contributed by atoms with Gasteiger partial charge in [0.1, 0.15) is 11.6 Å². The van der Waals surface area contributed by atoms with Gasteiger partial charge in [0.15, 0.2) is 0 Å². The maximum atomic E-state index is 12.8. The molecule has 1 radical (unpaired) electrons. The Morgan fingerprint density at radius 1 is 1.13 bits per heavy atom. The van der Waals surface area contributed by atoms with Crippen molar-refractivity contribution in [3.05, 3.63) is 42.3 Å². The van der Waals surface area contributed by atoms with E-state index in [9.17, 15) is 8.78 Å². The van der Waals surface area contributed by atoms with Gasteiger partial charge in [0.2, 0.25) is 0 Å². The summed E-state index contributed by atoms with van der Waals surface area (Å²) in [6.45, 7) is 3.45. The fraction of sp³-hybridized carbons (Fsp3) is 0.417. The molecule has 15 heavy (non-hydrogen) atoms. The summed E-state index contributed by atoms with van der Waals surface area (Å²) < 4.78 is 25.6. The number of unbranched alkanes of at least 4 members (excludes halogenated alkanes) is 1. The number of aliphatic hydroxyl groups is 1. The van der Waals surface area contributed by atoms with Crippen LogP contribution in [0.4, 0.5) is 8.78 Å². The first-order valence-electron chi connectivity index (χ1n) is 5.04. The number of aryl methyl sites for hydroxylation is 1. The minimum atomic E-state index is -0.547. The molecule has 0 aliphatic rings. The number of halogens is 2. The van der Waals surface area contributed by atoms with Crippen molar-refractivity contribution in [1.82, 2.24) is 0 Å². The Balaban J connectivity index is 2.37. The van der Waals surface area contributed by atoms with Gasteiger partial charge in [-0.15, -0.1) is 0 Å². The summed E-state index contributed by atoms with van der Waals surface area (Å²) in [5.74, 6) is -1.08. The van der Waals surface area contributed by atoms with Gasteiger partial charge in [-0.05, 0) is 43.9 Å². The molecule has 0 amide bonds. The molecule has 1 unspecified atom stereocenters. The van der Waals surface area contributed by atoms with Gasteiger partial charge >= 0.3 is 0 Å². The number of hydrogen-bond donors (Lipinski definition) is 1. The van der Waals surface area contributed by atoms with E-state index in [2.05, 4.69) is 6.92 Å². The number of rotatable bonds is 5. The monoisotopic (exact) mass is 213 g/mol. The van der Waals surface area contributed by atoms with Gasteiger partial charge in [0, 0.05) is 6.07 Å². The van der Waals surface area contributed by atoms with Crippen LogP contribution in [-0.4, -0.2) is 11.2 Å². The Hall–Kier alpha value is -0.960. The zero-order valence-electron chi connectivity index (χ0n) is 8.55. The Kier molecular flexibility index (Phi) is 4.69. The third-order valence-corrected chi connectivity index (χ3v) is 2.18. The summed E-state index contributed by atoms with van der Waals surface area (Å²) in [6, 6.07) is 3.54. The van der Waals surface area contributed by atoms with Crippen LogP contribution in [0.1, 0.15) is 24.8 Å². The Morgan fingerprint density at radius 2 is 1.73 bits per heavy atom. The molecule has 83 valence electrons. The molecule has 0 saturated heterocycles.